The third-order valence-corrected chi connectivity index (χ3v) is 5.70. The van der Waals surface area contributed by atoms with Gasteiger partial charge in [-0.15, -0.1) is 0 Å². The Morgan fingerprint density at radius 3 is 2.71 bits per heavy atom. The van der Waals surface area contributed by atoms with Gasteiger partial charge in [-0.25, -0.2) is 18.7 Å². The molecule has 0 fully saturated rings. The predicted molar refractivity (Wildman–Crippen MR) is 102 cm³/mol. The first-order valence-corrected chi connectivity index (χ1v) is 10.1. The average molecular weight is 404 g/mol. The van der Waals surface area contributed by atoms with Crippen LogP contribution in [0.3, 0.4) is 0 Å². The molecule has 0 unspecified atom stereocenters. The number of nitrogens with one attached hydrogen (secondary N) is 2. The highest BCUT2D eigenvalue weighted by molar-refractivity contribution is 7.99. The van der Waals surface area contributed by atoms with Gasteiger partial charge in [-0.3, -0.25) is 9.59 Å². The number of imidazole rings is 1. The Bertz CT molecular complexity index is 1090. The van der Waals surface area contributed by atoms with E-state index in [0.717, 1.165) is 49.2 Å². The molecule has 0 saturated carbocycles. The van der Waals surface area contributed by atoms with Crippen molar-refractivity contribution in [2.45, 2.75) is 43.7 Å². The van der Waals surface area contributed by atoms with Gasteiger partial charge in [-0.05, 0) is 44.2 Å². The van der Waals surface area contributed by atoms with Crippen molar-refractivity contribution in [2.24, 2.45) is 0 Å². The van der Waals surface area contributed by atoms with E-state index in [4.69, 9.17) is 0 Å². The average Bonchev–Trinajstić information content (AvgIpc) is 3.12. The molecule has 3 aromatic rings. The minimum absolute atomic E-state index is 0.0527. The maximum atomic E-state index is 13.9. The van der Waals surface area contributed by atoms with Gasteiger partial charge in [0.1, 0.15) is 22.5 Å². The summed E-state index contributed by atoms with van der Waals surface area (Å²) in [6, 6.07) is 1.85. The van der Waals surface area contributed by atoms with Crippen molar-refractivity contribution >= 4 is 28.4 Å². The van der Waals surface area contributed by atoms with Crippen LogP contribution in [0.15, 0.2) is 22.1 Å². The monoisotopic (exact) mass is 404 g/mol. The first-order valence-electron chi connectivity index (χ1n) is 9.14. The molecule has 0 amide bonds. The second-order valence-corrected chi connectivity index (χ2v) is 7.80. The largest absolute Gasteiger partial charge is 0.339 e. The first-order chi connectivity index (χ1) is 13.5. The third kappa shape index (κ3) is 3.71. The van der Waals surface area contributed by atoms with Crippen molar-refractivity contribution in [3.63, 3.8) is 0 Å². The zero-order chi connectivity index (χ0) is 19.7. The van der Waals surface area contributed by atoms with Crippen LogP contribution < -0.4 is 5.56 Å². The number of ketones is 1. The van der Waals surface area contributed by atoms with Gasteiger partial charge in [0.25, 0.3) is 5.56 Å². The van der Waals surface area contributed by atoms with Crippen LogP contribution in [-0.4, -0.2) is 31.5 Å². The summed E-state index contributed by atoms with van der Waals surface area (Å²) in [4.78, 5) is 38.3. The number of thioether (sulfide) groups is 1. The Morgan fingerprint density at radius 1 is 1.11 bits per heavy atom. The molecule has 146 valence electrons. The highest BCUT2D eigenvalue weighted by atomic mass is 32.2. The van der Waals surface area contributed by atoms with Gasteiger partial charge in [0.15, 0.2) is 16.8 Å². The molecule has 1 aliphatic carbocycles. The van der Waals surface area contributed by atoms with Crippen molar-refractivity contribution < 1.29 is 13.6 Å². The molecule has 9 heteroatoms. The molecule has 0 spiro atoms. The van der Waals surface area contributed by atoms with Gasteiger partial charge >= 0.3 is 0 Å². The summed E-state index contributed by atoms with van der Waals surface area (Å²) in [7, 11) is 0. The number of carbonyl (C=O) groups is 1. The molecular weight excluding hydrogens is 386 g/mol. The molecule has 6 nitrogen and oxygen atoms in total. The first kappa shape index (κ1) is 18.8. The van der Waals surface area contributed by atoms with E-state index in [1.165, 1.54) is 11.8 Å². The molecular formula is C19H18F2N4O2S. The van der Waals surface area contributed by atoms with Gasteiger partial charge in [0.05, 0.1) is 5.69 Å². The summed E-state index contributed by atoms with van der Waals surface area (Å²) in [5, 5.41) is -0.191. The lowest BCUT2D eigenvalue weighted by Gasteiger charge is -2.07. The number of carbonyl (C=O) groups excluding carboxylic acids is 1. The van der Waals surface area contributed by atoms with Crippen molar-refractivity contribution in [2.75, 3.05) is 5.75 Å². The summed E-state index contributed by atoms with van der Waals surface area (Å²) in [6.07, 6.45) is 4.91. The molecule has 0 radical (unpaired) electrons. The quantitative estimate of drug-likeness (QED) is 0.284. The Balaban J connectivity index is 1.37. The molecule has 2 aromatic heterocycles. The van der Waals surface area contributed by atoms with Crippen molar-refractivity contribution in [1.82, 2.24) is 19.9 Å². The molecule has 1 aromatic carbocycles. The predicted octanol–water partition coefficient (Wildman–Crippen LogP) is 3.56. The fraction of sp³-hybridized carbons (Fsp3) is 0.368. The van der Waals surface area contributed by atoms with Crippen molar-refractivity contribution in [1.29, 1.82) is 0 Å². The maximum Gasteiger partial charge on any atom is 0.262 e. The fourth-order valence-corrected chi connectivity index (χ4v) is 4.13. The van der Waals surface area contributed by atoms with Gasteiger partial charge < -0.3 is 9.97 Å². The van der Waals surface area contributed by atoms with E-state index in [2.05, 4.69) is 19.9 Å². The fourth-order valence-electron chi connectivity index (χ4n) is 3.33. The van der Waals surface area contributed by atoms with E-state index < -0.39 is 17.2 Å². The van der Waals surface area contributed by atoms with Gasteiger partial charge in [0, 0.05) is 17.9 Å². The second-order valence-electron chi connectivity index (χ2n) is 6.72. The van der Waals surface area contributed by atoms with Crippen LogP contribution in [0.5, 0.6) is 0 Å². The molecule has 1 aliphatic rings. The lowest BCUT2D eigenvalue weighted by molar-refractivity contribution is 0.0972. The van der Waals surface area contributed by atoms with Gasteiger partial charge in [-0.2, -0.15) is 0 Å². The number of Topliss-reactive ketones (excluding diaryl/α,β-unsaturated/α-hetero) is 1. The van der Waals surface area contributed by atoms with E-state index in [0.29, 0.717) is 24.4 Å². The standard InChI is InChI=1S/C19H18F2N4O2S/c20-10-7-8-11(21)16-15(10)18(27)25-19(24-16)28-9-3-6-14(26)17-22-12-4-1-2-5-13(12)23-17/h7-8H,1-6,9H2,(H,22,23)(H,24,25,27). The minimum Gasteiger partial charge on any atom is -0.339 e. The number of aromatic nitrogens is 4. The molecule has 0 saturated heterocycles. The van der Waals surface area contributed by atoms with Gasteiger partial charge in [0.2, 0.25) is 0 Å². The van der Waals surface area contributed by atoms with E-state index in [-0.39, 0.29) is 21.8 Å². The van der Waals surface area contributed by atoms with Crippen molar-refractivity contribution in [3.8, 4) is 0 Å². The van der Waals surface area contributed by atoms with Crippen LogP contribution in [-0.2, 0) is 12.8 Å². The topological polar surface area (TPSA) is 91.5 Å². The van der Waals surface area contributed by atoms with Crippen LogP contribution in [0.4, 0.5) is 8.78 Å². The number of nitrogens with zero attached hydrogens (tertiary/aromatic N) is 2. The van der Waals surface area contributed by atoms with Crippen LogP contribution >= 0.6 is 11.8 Å². The molecule has 2 heterocycles. The van der Waals surface area contributed by atoms with E-state index in [9.17, 15) is 18.4 Å². The highest BCUT2D eigenvalue weighted by Crippen LogP contribution is 2.22. The molecule has 2 N–H and O–H groups in total. The number of aromatic amines is 2. The summed E-state index contributed by atoms with van der Waals surface area (Å²) < 4.78 is 27.6. The van der Waals surface area contributed by atoms with E-state index >= 15 is 0 Å². The zero-order valence-electron chi connectivity index (χ0n) is 15.0. The third-order valence-electron chi connectivity index (χ3n) is 4.74. The lowest BCUT2D eigenvalue weighted by atomic mass is 10.0. The molecule has 0 atom stereocenters. The van der Waals surface area contributed by atoms with E-state index in [1.807, 2.05) is 0 Å². The molecule has 4 rings (SSSR count). The number of fused-ring (bicyclic) bond motifs is 2. The molecule has 28 heavy (non-hydrogen) atoms. The SMILES string of the molecule is O=C(CCCSc1nc2c(F)ccc(F)c2c(=O)[nH]1)c1nc2c([nH]1)CCCC2. The van der Waals surface area contributed by atoms with Crippen LogP contribution in [0, 0.1) is 11.6 Å². The number of H-pyrrole nitrogens is 2. The van der Waals surface area contributed by atoms with Crippen LogP contribution in [0.2, 0.25) is 0 Å². The Kier molecular flexibility index (Phi) is 5.25. The summed E-state index contributed by atoms with van der Waals surface area (Å²) >= 11 is 1.19. The number of rotatable bonds is 6. The highest BCUT2D eigenvalue weighted by Gasteiger charge is 2.18. The molecule has 0 aliphatic heterocycles. The Hall–Kier alpha value is -2.55. The van der Waals surface area contributed by atoms with E-state index in [1.54, 1.807) is 0 Å². The van der Waals surface area contributed by atoms with Crippen LogP contribution in [0.1, 0.15) is 47.7 Å². The lowest BCUT2D eigenvalue weighted by Crippen LogP contribution is -2.12. The minimum atomic E-state index is -0.812. The number of halogens is 2. The summed E-state index contributed by atoms with van der Waals surface area (Å²) in [6.45, 7) is 0. The summed E-state index contributed by atoms with van der Waals surface area (Å²) in [5.41, 5.74) is 1.05. The van der Waals surface area contributed by atoms with Crippen molar-refractivity contribution in [3.05, 3.63) is 51.3 Å². The second kappa shape index (κ2) is 7.83. The zero-order valence-corrected chi connectivity index (χ0v) is 15.8. The normalized spacial score (nSPS) is 13.6. The number of hydrogen-bond acceptors (Lipinski definition) is 5. The molecule has 0 bridgehead atoms. The van der Waals surface area contributed by atoms with Gasteiger partial charge in [-0.1, -0.05) is 11.8 Å². The maximum absolute atomic E-state index is 13.9. The number of aryl methyl sites for hydroxylation is 2. The van der Waals surface area contributed by atoms with Crippen LogP contribution in [0.25, 0.3) is 10.9 Å². The number of benzene rings is 1. The smallest absolute Gasteiger partial charge is 0.262 e. The Morgan fingerprint density at radius 2 is 1.89 bits per heavy atom. The number of hydrogen-bond donors (Lipinski definition) is 2. The summed E-state index contributed by atoms with van der Waals surface area (Å²) in [5.74, 6) is -0.707. The Labute approximate surface area is 163 Å².